The third-order valence-electron chi connectivity index (χ3n) is 5.29. The van der Waals surface area contributed by atoms with E-state index >= 15 is 0 Å². The van der Waals surface area contributed by atoms with E-state index in [0.29, 0.717) is 29.2 Å². The standard InChI is InChI=1S/C20H16ClN3O/c21-17-9-14(8-7-13(17)10-22)24-20(12-5-6-12)16-11-25-18-4-2-1-3-15(18)19(16)23-24/h1-4,7-9,12,16,20H,5-6,11H2. The Hall–Kier alpha value is -2.51. The van der Waals surface area contributed by atoms with Gasteiger partial charge in [-0.25, -0.2) is 0 Å². The number of hydrogen-bond acceptors (Lipinski definition) is 4. The number of rotatable bonds is 2. The Morgan fingerprint density at radius 2 is 2.04 bits per heavy atom. The summed E-state index contributed by atoms with van der Waals surface area (Å²) < 4.78 is 6.01. The quantitative estimate of drug-likeness (QED) is 0.815. The lowest BCUT2D eigenvalue weighted by atomic mass is 9.87. The summed E-state index contributed by atoms with van der Waals surface area (Å²) in [4.78, 5) is 0. The van der Waals surface area contributed by atoms with Crippen LogP contribution in [0.3, 0.4) is 0 Å². The summed E-state index contributed by atoms with van der Waals surface area (Å²) in [5, 5.41) is 16.7. The molecule has 5 rings (SSSR count). The van der Waals surface area contributed by atoms with Gasteiger partial charge in [-0.2, -0.15) is 10.4 Å². The van der Waals surface area contributed by atoms with Crippen molar-refractivity contribution < 1.29 is 4.74 Å². The number of fused-ring (bicyclic) bond motifs is 3. The average Bonchev–Trinajstić information content (AvgIpc) is 3.40. The van der Waals surface area contributed by atoms with Gasteiger partial charge in [-0.15, -0.1) is 0 Å². The van der Waals surface area contributed by atoms with Gasteiger partial charge in [0.15, 0.2) is 0 Å². The van der Waals surface area contributed by atoms with Crippen LogP contribution in [0.4, 0.5) is 5.69 Å². The summed E-state index contributed by atoms with van der Waals surface area (Å²) >= 11 is 6.26. The molecule has 3 aliphatic rings. The van der Waals surface area contributed by atoms with Crippen molar-refractivity contribution in [3.05, 3.63) is 58.6 Å². The molecule has 0 radical (unpaired) electrons. The van der Waals surface area contributed by atoms with E-state index < -0.39 is 0 Å². The lowest BCUT2D eigenvalue weighted by molar-refractivity contribution is 0.252. The molecule has 2 aromatic rings. The van der Waals surface area contributed by atoms with Crippen LogP contribution in [0.1, 0.15) is 24.0 Å². The highest BCUT2D eigenvalue weighted by Crippen LogP contribution is 2.47. The molecule has 0 N–H and O–H groups in total. The molecular formula is C20H16ClN3O. The first kappa shape index (κ1) is 14.8. The number of anilines is 1. The van der Waals surface area contributed by atoms with E-state index in [9.17, 15) is 0 Å². The summed E-state index contributed by atoms with van der Waals surface area (Å²) in [7, 11) is 0. The minimum absolute atomic E-state index is 0.275. The minimum atomic E-state index is 0.275. The zero-order valence-corrected chi connectivity index (χ0v) is 14.3. The highest BCUT2D eigenvalue weighted by molar-refractivity contribution is 6.32. The molecule has 2 heterocycles. The van der Waals surface area contributed by atoms with Crippen molar-refractivity contribution in [1.29, 1.82) is 5.26 Å². The van der Waals surface area contributed by atoms with Crippen molar-refractivity contribution >= 4 is 23.0 Å². The van der Waals surface area contributed by atoms with Crippen LogP contribution in [-0.4, -0.2) is 18.4 Å². The maximum Gasteiger partial charge on any atom is 0.128 e. The van der Waals surface area contributed by atoms with Crippen molar-refractivity contribution in [2.45, 2.75) is 18.9 Å². The van der Waals surface area contributed by atoms with Gasteiger partial charge in [0.2, 0.25) is 0 Å². The van der Waals surface area contributed by atoms with Gasteiger partial charge in [0, 0.05) is 5.56 Å². The van der Waals surface area contributed by atoms with Gasteiger partial charge >= 0.3 is 0 Å². The maximum atomic E-state index is 9.11. The largest absolute Gasteiger partial charge is 0.492 e. The van der Waals surface area contributed by atoms with Crippen LogP contribution in [0.25, 0.3) is 0 Å². The van der Waals surface area contributed by atoms with Crippen molar-refractivity contribution in [1.82, 2.24) is 0 Å². The van der Waals surface area contributed by atoms with E-state index in [-0.39, 0.29) is 5.92 Å². The van der Waals surface area contributed by atoms with Crippen LogP contribution in [0.2, 0.25) is 5.02 Å². The second-order valence-electron chi connectivity index (χ2n) is 6.85. The number of hydrogen-bond donors (Lipinski definition) is 0. The number of benzene rings is 2. The minimum Gasteiger partial charge on any atom is -0.492 e. The second kappa shape index (κ2) is 5.50. The molecule has 0 amide bonds. The first-order valence-electron chi connectivity index (χ1n) is 8.56. The summed E-state index contributed by atoms with van der Waals surface area (Å²) in [6, 6.07) is 16.1. The molecule has 5 heteroatoms. The van der Waals surface area contributed by atoms with Gasteiger partial charge in [0.1, 0.15) is 11.8 Å². The van der Waals surface area contributed by atoms with Crippen molar-refractivity contribution in [2.75, 3.05) is 11.6 Å². The molecular weight excluding hydrogens is 334 g/mol. The number of nitriles is 1. The molecule has 2 aliphatic heterocycles. The van der Waals surface area contributed by atoms with E-state index in [1.807, 2.05) is 30.3 Å². The van der Waals surface area contributed by atoms with Crippen LogP contribution < -0.4 is 9.75 Å². The number of halogens is 1. The highest BCUT2D eigenvalue weighted by Gasteiger charge is 2.49. The molecule has 0 aromatic heterocycles. The monoisotopic (exact) mass is 349 g/mol. The summed E-state index contributed by atoms with van der Waals surface area (Å²) in [5.74, 6) is 1.82. The molecule has 2 unspecified atom stereocenters. The van der Waals surface area contributed by atoms with Gasteiger partial charge in [-0.3, -0.25) is 5.01 Å². The third-order valence-corrected chi connectivity index (χ3v) is 5.60. The molecule has 0 bridgehead atoms. The Bertz CT molecular complexity index is 929. The Morgan fingerprint density at radius 1 is 1.20 bits per heavy atom. The van der Waals surface area contributed by atoms with E-state index in [1.54, 1.807) is 6.07 Å². The Kier molecular flexibility index (Phi) is 3.26. The van der Waals surface area contributed by atoms with Crippen molar-refractivity contribution in [3.63, 3.8) is 0 Å². The first-order chi connectivity index (χ1) is 12.3. The van der Waals surface area contributed by atoms with Crippen LogP contribution in [0, 0.1) is 23.2 Å². The topological polar surface area (TPSA) is 48.6 Å². The van der Waals surface area contributed by atoms with Gasteiger partial charge in [-0.05, 0) is 49.1 Å². The number of para-hydroxylation sites is 1. The fourth-order valence-corrected chi connectivity index (χ4v) is 4.15. The predicted octanol–water partition coefficient (Wildman–Crippen LogP) is 4.22. The summed E-state index contributed by atoms with van der Waals surface area (Å²) in [6.07, 6.45) is 2.46. The van der Waals surface area contributed by atoms with E-state index in [0.717, 1.165) is 22.7 Å². The number of ether oxygens (including phenoxy) is 1. The van der Waals surface area contributed by atoms with Gasteiger partial charge in [0.05, 0.1) is 40.6 Å². The lowest BCUT2D eigenvalue weighted by Crippen LogP contribution is -2.40. The molecule has 1 aliphatic carbocycles. The van der Waals surface area contributed by atoms with Crippen LogP contribution in [0.5, 0.6) is 5.75 Å². The fourth-order valence-electron chi connectivity index (χ4n) is 3.94. The van der Waals surface area contributed by atoms with E-state index in [1.165, 1.54) is 12.8 Å². The zero-order chi connectivity index (χ0) is 17.0. The number of nitrogens with zero attached hydrogens (tertiary/aromatic N) is 3. The Balaban J connectivity index is 1.60. The fraction of sp³-hybridized carbons (Fsp3) is 0.300. The molecule has 1 fully saturated rings. The van der Waals surface area contributed by atoms with Crippen molar-refractivity contribution in [3.8, 4) is 11.8 Å². The summed E-state index contributed by atoms with van der Waals surface area (Å²) in [6.45, 7) is 0.664. The predicted molar refractivity (Wildman–Crippen MR) is 97.1 cm³/mol. The normalized spacial score (nSPS) is 24.0. The molecule has 4 nitrogen and oxygen atoms in total. The second-order valence-corrected chi connectivity index (χ2v) is 7.25. The molecule has 124 valence electrons. The van der Waals surface area contributed by atoms with E-state index in [4.69, 9.17) is 26.7 Å². The first-order valence-corrected chi connectivity index (χ1v) is 8.93. The average molecular weight is 350 g/mol. The lowest BCUT2D eigenvalue weighted by Gasteiger charge is -2.30. The molecule has 0 spiro atoms. The highest BCUT2D eigenvalue weighted by atomic mass is 35.5. The molecule has 2 aromatic carbocycles. The smallest absolute Gasteiger partial charge is 0.128 e. The Labute approximate surface area is 151 Å². The zero-order valence-electron chi connectivity index (χ0n) is 13.5. The Morgan fingerprint density at radius 3 is 2.80 bits per heavy atom. The molecule has 25 heavy (non-hydrogen) atoms. The van der Waals surface area contributed by atoms with Gasteiger partial charge < -0.3 is 4.74 Å². The van der Waals surface area contributed by atoms with Crippen molar-refractivity contribution in [2.24, 2.45) is 16.9 Å². The van der Waals surface area contributed by atoms with Gasteiger partial charge in [0.25, 0.3) is 0 Å². The molecule has 1 saturated carbocycles. The SMILES string of the molecule is N#Cc1ccc(N2N=C3c4ccccc4OCC3C2C2CC2)cc1Cl. The van der Waals surface area contributed by atoms with Gasteiger partial charge in [-0.1, -0.05) is 23.7 Å². The number of hydrazone groups is 1. The van der Waals surface area contributed by atoms with Crippen LogP contribution in [-0.2, 0) is 0 Å². The summed E-state index contributed by atoms with van der Waals surface area (Å²) in [5.41, 5.74) is 3.64. The molecule has 0 saturated heterocycles. The van der Waals surface area contributed by atoms with Crippen LogP contribution in [0.15, 0.2) is 47.6 Å². The van der Waals surface area contributed by atoms with Crippen LogP contribution >= 0.6 is 11.6 Å². The maximum absolute atomic E-state index is 9.11. The third kappa shape index (κ3) is 2.31. The van der Waals surface area contributed by atoms with E-state index in [2.05, 4.69) is 17.1 Å². The molecule has 2 atom stereocenters.